The van der Waals surface area contributed by atoms with Crippen LogP contribution >= 0.6 is 11.8 Å². The molecule has 2 rings (SSSR count). The number of rotatable bonds is 3. The van der Waals surface area contributed by atoms with Crippen LogP contribution in [0.25, 0.3) is 0 Å². The lowest BCUT2D eigenvalue weighted by molar-refractivity contribution is -0.109. The molecule has 1 N–H and O–H groups in total. The van der Waals surface area contributed by atoms with E-state index in [1.165, 1.54) is 11.8 Å². The highest BCUT2D eigenvalue weighted by molar-refractivity contribution is 8.13. The fraction of sp³-hybridized carbons (Fsp3) is 0.700. The number of hydrogen-bond donors (Lipinski definition) is 1. The van der Waals surface area contributed by atoms with E-state index in [1.54, 1.807) is 13.1 Å². The Morgan fingerprint density at radius 3 is 2.88 bits per heavy atom. The standard InChI is InChI=1S/C10H16N4OS/c1-9(15)16-8-10(2-4-11-5-3-10)14-7-6-12-13-14/h6-7,11H,2-5,8H2,1H3. The summed E-state index contributed by atoms with van der Waals surface area (Å²) in [5.41, 5.74) is -0.0436. The quantitative estimate of drug-likeness (QED) is 0.840. The first-order valence-electron chi connectivity index (χ1n) is 5.44. The van der Waals surface area contributed by atoms with Crippen molar-refractivity contribution < 1.29 is 4.79 Å². The van der Waals surface area contributed by atoms with E-state index in [0.29, 0.717) is 0 Å². The van der Waals surface area contributed by atoms with Gasteiger partial charge in [-0.3, -0.25) is 4.79 Å². The normalized spacial score (nSPS) is 19.6. The monoisotopic (exact) mass is 240 g/mol. The number of thioether (sulfide) groups is 1. The molecule has 0 bridgehead atoms. The number of carbonyl (C=O) groups excluding carboxylic acids is 1. The van der Waals surface area contributed by atoms with E-state index in [2.05, 4.69) is 15.6 Å². The molecule has 0 atom stereocenters. The summed E-state index contributed by atoms with van der Waals surface area (Å²) in [5.74, 6) is 0.785. The Morgan fingerprint density at radius 1 is 1.56 bits per heavy atom. The van der Waals surface area contributed by atoms with Gasteiger partial charge in [-0.25, -0.2) is 4.68 Å². The van der Waals surface area contributed by atoms with E-state index < -0.39 is 0 Å². The maximum atomic E-state index is 11.1. The summed E-state index contributed by atoms with van der Waals surface area (Å²) in [6.45, 7) is 3.55. The van der Waals surface area contributed by atoms with Crippen molar-refractivity contribution in [1.29, 1.82) is 0 Å². The summed E-state index contributed by atoms with van der Waals surface area (Å²) >= 11 is 1.38. The zero-order valence-corrected chi connectivity index (χ0v) is 10.2. The van der Waals surface area contributed by atoms with Gasteiger partial charge in [0.25, 0.3) is 0 Å². The molecule has 6 heteroatoms. The van der Waals surface area contributed by atoms with Gasteiger partial charge in [0.2, 0.25) is 0 Å². The Labute approximate surface area is 99.0 Å². The molecule has 1 aliphatic rings. The van der Waals surface area contributed by atoms with Crippen LogP contribution in [0, 0.1) is 0 Å². The van der Waals surface area contributed by atoms with Crippen molar-refractivity contribution in [1.82, 2.24) is 20.3 Å². The van der Waals surface area contributed by atoms with Gasteiger partial charge in [0, 0.05) is 18.9 Å². The SMILES string of the molecule is CC(=O)SCC1(n2ccnn2)CCNCC1. The Morgan fingerprint density at radius 2 is 2.31 bits per heavy atom. The van der Waals surface area contributed by atoms with Crippen LogP contribution in [0.3, 0.4) is 0 Å². The average Bonchev–Trinajstić information content (AvgIpc) is 2.82. The molecule has 0 amide bonds. The Bertz CT molecular complexity index is 346. The maximum absolute atomic E-state index is 11.1. The summed E-state index contributed by atoms with van der Waals surface area (Å²) in [6, 6.07) is 0. The molecular weight excluding hydrogens is 224 g/mol. The third-order valence-electron chi connectivity index (χ3n) is 2.99. The van der Waals surface area contributed by atoms with Crippen molar-refractivity contribution in [3.05, 3.63) is 12.4 Å². The Hall–Kier alpha value is -0.880. The summed E-state index contributed by atoms with van der Waals surface area (Å²) in [4.78, 5) is 11.1. The molecule has 5 nitrogen and oxygen atoms in total. The highest BCUT2D eigenvalue weighted by Gasteiger charge is 2.35. The van der Waals surface area contributed by atoms with Crippen LogP contribution in [0.5, 0.6) is 0 Å². The van der Waals surface area contributed by atoms with Gasteiger partial charge in [0.05, 0.1) is 11.7 Å². The third kappa shape index (κ3) is 2.44. The molecule has 0 aliphatic carbocycles. The van der Waals surface area contributed by atoms with Gasteiger partial charge in [-0.15, -0.1) is 5.10 Å². The smallest absolute Gasteiger partial charge is 0.185 e. The summed E-state index contributed by atoms with van der Waals surface area (Å²) in [5, 5.41) is 11.5. The number of piperidine rings is 1. The number of carbonyl (C=O) groups is 1. The van der Waals surface area contributed by atoms with Gasteiger partial charge < -0.3 is 5.32 Å². The number of hydrogen-bond acceptors (Lipinski definition) is 5. The van der Waals surface area contributed by atoms with Crippen molar-refractivity contribution in [3.63, 3.8) is 0 Å². The highest BCUT2D eigenvalue weighted by atomic mass is 32.2. The molecule has 0 aromatic carbocycles. The van der Waals surface area contributed by atoms with Crippen molar-refractivity contribution in [2.24, 2.45) is 0 Å². The molecule has 0 radical (unpaired) electrons. The van der Waals surface area contributed by atoms with E-state index in [9.17, 15) is 4.79 Å². The molecule has 2 heterocycles. The van der Waals surface area contributed by atoms with E-state index in [1.807, 2.05) is 10.9 Å². The first kappa shape index (κ1) is 11.6. The van der Waals surface area contributed by atoms with Crippen LogP contribution < -0.4 is 5.32 Å². The largest absolute Gasteiger partial charge is 0.317 e. The molecular formula is C10H16N4OS. The lowest BCUT2D eigenvalue weighted by Crippen LogP contribution is -2.46. The molecule has 1 aromatic heterocycles. The minimum absolute atomic E-state index is 0.0436. The van der Waals surface area contributed by atoms with Crippen molar-refractivity contribution >= 4 is 16.9 Å². The van der Waals surface area contributed by atoms with Crippen LogP contribution in [-0.4, -0.2) is 39.0 Å². The molecule has 16 heavy (non-hydrogen) atoms. The van der Waals surface area contributed by atoms with Crippen LogP contribution in [0.15, 0.2) is 12.4 Å². The van der Waals surface area contributed by atoms with Crippen LogP contribution in [0.4, 0.5) is 0 Å². The van der Waals surface area contributed by atoms with E-state index in [-0.39, 0.29) is 10.7 Å². The van der Waals surface area contributed by atoms with Gasteiger partial charge in [0.1, 0.15) is 0 Å². The van der Waals surface area contributed by atoms with Crippen molar-refractivity contribution in [3.8, 4) is 0 Å². The second kappa shape index (κ2) is 4.97. The van der Waals surface area contributed by atoms with Crippen LogP contribution in [-0.2, 0) is 10.3 Å². The third-order valence-corrected chi connectivity index (χ3v) is 4.08. The fourth-order valence-electron chi connectivity index (χ4n) is 2.03. The number of aromatic nitrogens is 3. The van der Waals surface area contributed by atoms with Gasteiger partial charge in [-0.2, -0.15) is 0 Å². The first-order chi connectivity index (χ1) is 7.73. The van der Waals surface area contributed by atoms with Crippen LogP contribution in [0.1, 0.15) is 19.8 Å². The molecule has 0 saturated carbocycles. The molecule has 0 spiro atoms. The highest BCUT2D eigenvalue weighted by Crippen LogP contribution is 2.30. The average molecular weight is 240 g/mol. The summed E-state index contributed by atoms with van der Waals surface area (Å²) in [6.07, 6.45) is 5.58. The van der Waals surface area contributed by atoms with E-state index in [0.717, 1.165) is 31.7 Å². The molecule has 1 fully saturated rings. The van der Waals surface area contributed by atoms with Crippen molar-refractivity contribution in [2.75, 3.05) is 18.8 Å². The zero-order chi connectivity index (χ0) is 11.4. The number of nitrogens with zero attached hydrogens (tertiary/aromatic N) is 3. The predicted octanol–water partition coefficient (Wildman–Crippen LogP) is 0.636. The van der Waals surface area contributed by atoms with Crippen molar-refractivity contribution in [2.45, 2.75) is 25.3 Å². The molecule has 0 unspecified atom stereocenters. The van der Waals surface area contributed by atoms with Gasteiger partial charge in [-0.05, 0) is 25.9 Å². The number of nitrogens with one attached hydrogen (secondary N) is 1. The second-order valence-corrected chi connectivity index (χ2v) is 5.25. The maximum Gasteiger partial charge on any atom is 0.185 e. The van der Waals surface area contributed by atoms with Gasteiger partial charge in [-0.1, -0.05) is 17.0 Å². The molecule has 1 aliphatic heterocycles. The van der Waals surface area contributed by atoms with Gasteiger partial charge >= 0.3 is 0 Å². The van der Waals surface area contributed by atoms with E-state index >= 15 is 0 Å². The minimum Gasteiger partial charge on any atom is -0.317 e. The lowest BCUT2D eigenvalue weighted by Gasteiger charge is -2.36. The molecule has 1 saturated heterocycles. The second-order valence-electron chi connectivity index (χ2n) is 4.10. The first-order valence-corrected chi connectivity index (χ1v) is 6.42. The Balaban J connectivity index is 2.15. The predicted molar refractivity (Wildman–Crippen MR) is 63.2 cm³/mol. The molecule has 1 aromatic rings. The summed E-state index contributed by atoms with van der Waals surface area (Å²) in [7, 11) is 0. The Kier molecular flexibility index (Phi) is 3.60. The minimum atomic E-state index is -0.0436. The van der Waals surface area contributed by atoms with E-state index in [4.69, 9.17) is 0 Å². The van der Waals surface area contributed by atoms with Crippen LogP contribution in [0.2, 0.25) is 0 Å². The lowest BCUT2D eigenvalue weighted by atomic mass is 9.90. The fourth-order valence-corrected chi connectivity index (χ4v) is 2.92. The topological polar surface area (TPSA) is 59.8 Å². The summed E-state index contributed by atoms with van der Waals surface area (Å²) < 4.78 is 1.92. The zero-order valence-electron chi connectivity index (χ0n) is 9.35. The molecule has 88 valence electrons. The van der Waals surface area contributed by atoms with Gasteiger partial charge in [0.15, 0.2) is 5.12 Å².